The van der Waals surface area contributed by atoms with Gasteiger partial charge in [0, 0.05) is 24.9 Å². The Kier molecular flexibility index (Phi) is 2.72. The highest BCUT2D eigenvalue weighted by atomic mass is 16.5. The van der Waals surface area contributed by atoms with Crippen LogP contribution in [0.2, 0.25) is 0 Å². The molecule has 6 heteroatoms. The fourth-order valence-electron chi connectivity index (χ4n) is 1.47. The first-order valence-corrected chi connectivity index (χ1v) is 4.78. The number of aliphatic imine (C=N–C) groups is 1. The van der Waals surface area contributed by atoms with E-state index in [1.165, 1.54) is 0 Å². The molecule has 1 amide bonds. The lowest BCUT2D eigenvalue weighted by Gasteiger charge is -2.07. The Hall–Kier alpha value is -2.11. The first-order valence-electron chi connectivity index (χ1n) is 4.78. The Labute approximate surface area is 92.7 Å². The Morgan fingerprint density at radius 2 is 2.31 bits per heavy atom. The highest BCUT2D eigenvalue weighted by Crippen LogP contribution is 2.17. The normalized spacial score (nSPS) is 21.8. The summed E-state index contributed by atoms with van der Waals surface area (Å²) in [6.45, 7) is 0. The maximum absolute atomic E-state index is 11.6. The van der Waals surface area contributed by atoms with E-state index < -0.39 is 6.04 Å². The monoisotopic (exact) mass is 220 g/mol. The lowest BCUT2D eigenvalue weighted by Crippen LogP contribution is -2.24. The van der Waals surface area contributed by atoms with Gasteiger partial charge in [-0.15, -0.1) is 0 Å². The quantitative estimate of drug-likeness (QED) is 0.726. The van der Waals surface area contributed by atoms with E-state index in [-0.39, 0.29) is 5.91 Å². The van der Waals surface area contributed by atoms with Gasteiger partial charge >= 0.3 is 0 Å². The summed E-state index contributed by atoms with van der Waals surface area (Å²) in [5.74, 6) is 0.866. The minimum Gasteiger partial charge on any atom is -0.481 e. The van der Waals surface area contributed by atoms with Crippen LogP contribution in [0.3, 0.4) is 0 Å². The third-order valence-corrected chi connectivity index (χ3v) is 2.31. The molecule has 1 fully saturated rings. The van der Waals surface area contributed by atoms with Gasteiger partial charge in [0.2, 0.25) is 5.88 Å². The molecule has 1 aliphatic rings. The molecule has 1 aromatic heterocycles. The fraction of sp³-hybridized carbons (Fsp3) is 0.300. The number of carbonyl (C=O) groups excluding carboxylic acids is 1. The molecule has 2 N–H and O–H groups in total. The molecule has 0 aromatic carbocycles. The molecule has 0 aliphatic carbocycles. The van der Waals surface area contributed by atoms with Gasteiger partial charge in [0.05, 0.1) is 7.11 Å². The first-order chi connectivity index (χ1) is 7.74. The van der Waals surface area contributed by atoms with Gasteiger partial charge < -0.3 is 10.1 Å². The summed E-state index contributed by atoms with van der Waals surface area (Å²) in [5.41, 5.74) is 0.775. The molecule has 0 saturated carbocycles. The van der Waals surface area contributed by atoms with Gasteiger partial charge in [-0.1, -0.05) is 0 Å². The van der Waals surface area contributed by atoms with Gasteiger partial charge in [-0.3, -0.25) is 15.1 Å². The molecule has 0 bridgehead atoms. The van der Waals surface area contributed by atoms with Crippen LogP contribution in [0.5, 0.6) is 5.88 Å². The van der Waals surface area contributed by atoms with Crippen molar-refractivity contribution in [3.63, 3.8) is 0 Å². The van der Waals surface area contributed by atoms with Crippen molar-refractivity contribution in [3.05, 3.63) is 23.9 Å². The SMILES string of the molecule is CN=C1NC(=O)C(c2ccc(OC)nc2)N1. The fourth-order valence-corrected chi connectivity index (χ4v) is 1.47. The minimum atomic E-state index is -0.433. The van der Waals surface area contributed by atoms with Crippen LogP contribution in [-0.4, -0.2) is 31.0 Å². The molecular formula is C10H12N4O2. The second-order valence-corrected chi connectivity index (χ2v) is 3.27. The van der Waals surface area contributed by atoms with E-state index >= 15 is 0 Å². The average molecular weight is 220 g/mol. The second kappa shape index (κ2) is 4.18. The summed E-state index contributed by atoms with van der Waals surface area (Å²) in [7, 11) is 3.15. The van der Waals surface area contributed by atoms with Crippen LogP contribution in [0, 0.1) is 0 Å². The van der Waals surface area contributed by atoms with Crippen LogP contribution < -0.4 is 15.4 Å². The summed E-state index contributed by atoms with van der Waals surface area (Å²) in [5, 5.41) is 5.57. The van der Waals surface area contributed by atoms with E-state index in [1.807, 2.05) is 0 Å². The zero-order chi connectivity index (χ0) is 11.5. The molecular weight excluding hydrogens is 208 g/mol. The number of methoxy groups -OCH3 is 1. The predicted octanol–water partition coefficient (Wildman–Crippen LogP) is -0.164. The number of guanidine groups is 1. The largest absolute Gasteiger partial charge is 0.481 e. The number of nitrogens with one attached hydrogen (secondary N) is 2. The Bertz CT molecular complexity index is 427. The highest BCUT2D eigenvalue weighted by Gasteiger charge is 2.29. The van der Waals surface area contributed by atoms with Gasteiger partial charge in [-0.2, -0.15) is 0 Å². The number of aromatic nitrogens is 1. The van der Waals surface area contributed by atoms with Gasteiger partial charge in [0.15, 0.2) is 5.96 Å². The van der Waals surface area contributed by atoms with Gasteiger partial charge in [-0.25, -0.2) is 4.98 Å². The van der Waals surface area contributed by atoms with Crippen molar-refractivity contribution < 1.29 is 9.53 Å². The summed E-state index contributed by atoms with van der Waals surface area (Å²) in [6.07, 6.45) is 1.61. The van der Waals surface area contributed by atoms with Crippen molar-refractivity contribution in [1.29, 1.82) is 0 Å². The van der Waals surface area contributed by atoms with Crippen LogP contribution >= 0.6 is 0 Å². The molecule has 16 heavy (non-hydrogen) atoms. The Balaban J connectivity index is 2.21. The zero-order valence-corrected chi connectivity index (χ0v) is 9.02. The Morgan fingerprint density at radius 1 is 1.50 bits per heavy atom. The van der Waals surface area contributed by atoms with Gasteiger partial charge in [-0.05, 0) is 6.07 Å². The number of hydrogen-bond acceptors (Lipinski definition) is 4. The topological polar surface area (TPSA) is 75.6 Å². The van der Waals surface area contributed by atoms with Crippen LogP contribution in [0.4, 0.5) is 0 Å². The summed E-state index contributed by atoms with van der Waals surface area (Å²) in [4.78, 5) is 19.5. The van der Waals surface area contributed by atoms with Gasteiger partial charge in [0.25, 0.3) is 5.91 Å². The summed E-state index contributed by atoms with van der Waals surface area (Å²) < 4.78 is 4.95. The van der Waals surface area contributed by atoms with Crippen molar-refractivity contribution in [1.82, 2.24) is 15.6 Å². The molecule has 1 aliphatic heterocycles. The number of rotatable bonds is 2. The van der Waals surface area contributed by atoms with E-state index in [9.17, 15) is 4.79 Å². The summed E-state index contributed by atoms with van der Waals surface area (Å²) >= 11 is 0. The Morgan fingerprint density at radius 3 is 2.81 bits per heavy atom. The maximum Gasteiger partial charge on any atom is 0.253 e. The molecule has 1 atom stereocenters. The van der Waals surface area contributed by atoms with Crippen molar-refractivity contribution >= 4 is 11.9 Å². The third kappa shape index (κ3) is 1.81. The molecule has 0 spiro atoms. The molecule has 0 radical (unpaired) electrons. The summed E-state index contributed by atoms with van der Waals surface area (Å²) in [6, 6.07) is 3.07. The van der Waals surface area contributed by atoms with Crippen LogP contribution in [0.25, 0.3) is 0 Å². The lowest BCUT2D eigenvalue weighted by atomic mass is 10.1. The number of carbonyl (C=O) groups is 1. The predicted molar refractivity (Wildman–Crippen MR) is 58.2 cm³/mol. The van der Waals surface area contributed by atoms with Gasteiger partial charge in [0.1, 0.15) is 6.04 Å². The number of nitrogens with zero attached hydrogens (tertiary/aromatic N) is 2. The molecule has 6 nitrogen and oxygen atoms in total. The van der Waals surface area contributed by atoms with Crippen LogP contribution in [0.1, 0.15) is 11.6 Å². The van der Waals surface area contributed by atoms with E-state index in [0.29, 0.717) is 11.8 Å². The van der Waals surface area contributed by atoms with E-state index in [0.717, 1.165) is 5.56 Å². The van der Waals surface area contributed by atoms with E-state index in [2.05, 4.69) is 20.6 Å². The van der Waals surface area contributed by atoms with Crippen molar-refractivity contribution in [3.8, 4) is 5.88 Å². The highest BCUT2D eigenvalue weighted by molar-refractivity contribution is 6.06. The molecule has 1 aromatic rings. The number of hydrogen-bond donors (Lipinski definition) is 2. The van der Waals surface area contributed by atoms with Crippen molar-refractivity contribution in [2.75, 3.05) is 14.2 Å². The molecule has 2 heterocycles. The van der Waals surface area contributed by atoms with Crippen LogP contribution in [-0.2, 0) is 4.79 Å². The molecule has 1 saturated heterocycles. The van der Waals surface area contributed by atoms with E-state index in [4.69, 9.17) is 4.74 Å². The first kappa shape index (κ1) is 10.4. The van der Waals surface area contributed by atoms with Crippen molar-refractivity contribution in [2.45, 2.75) is 6.04 Å². The minimum absolute atomic E-state index is 0.132. The number of amides is 1. The lowest BCUT2D eigenvalue weighted by molar-refractivity contribution is -0.120. The van der Waals surface area contributed by atoms with E-state index in [1.54, 1.807) is 32.5 Å². The molecule has 2 rings (SSSR count). The standard InChI is InChI=1S/C10H12N4O2/c1-11-10-13-8(9(15)14-10)6-3-4-7(16-2)12-5-6/h3-5,8H,1-2H3,(H2,11,13,14,15). The van der Waals surface area contributed by atoms with Crippen LogP contribution in [0.15, 0.2) is 23.3 Å². The number of ether oxygens (including phenoxy) is 1. The number of pyridine rings is 1. The molecule has 1 unspecified atom stereocenters. The zero-order valence-electron chi connectivity index (χ0n) is 9.02. The molecule has 84 valence electrons. The maximum atomic E-state index is 11.6. The van der Waals surface area contributed by atoms with Crippen molar-refractivity contribution in [2.24, 2.45) is 4.99 Å². The second-order valence-electron chi connectivity index (χ2n) is 3.27. The average Bonchev–Trinajstić information content (AvgIpc) is 2.71. The smallest absolute Gasteiger partial charge is 0.253 e. The third-order valence-electron chi connectivity index (χ3n) is 2.31.